The van der Waals surface area contributed by atoms with E-state index in [1.807, 2.05) is 13.8 Å². The van der Waals surface area contributed by atoms with Crippen molar-refractivity contribution in [2.75, 3.05) is 0 Å². The lowest BCUT2D eigenvalue weighted by Gasteiger charge is -2.08. The highest BCUT2D eigenvalue weighted by Gasteiger charge is 2.18. The number of carboxylic acids is 1. The Bertz CT molecular complexity index is 793. The lowest BCUT2D eigenvalue weighted by atomic mass is 10.1. The number of rotatable bonds is 4. The molecule has 0 bridgehead atoms. The van der Waals surface area contributed by atoms with E-state index in [0.29, 0.717) is 0 Å². The average molecular weight is 309 g/mol. The Morgan fingerprint density at radius 1 is 1.33 bits per heavy atom. The minimum Gasteiger partial charge on any atom is -0.478 e. The Morgan fingerprint density at radius 2 is 2.00 bits per heavy atom. The van der Waals surface area contributed by atoms with E-state index < -0.39 is 16.0 Å². The molecule has 112 valence electrons. The van der Waals surface area contributed by atoms with Crippen LogP contribution in [0.3, 0.4) is 0 Å². The third kappa shape index (κ3) is 3.11. The summed E-state index contributed by atoms with van der Waals surface area (Å²) in [5, 5.41) is 18.6. The predicted molar refractivity (Wildman–Crippen MR) is 76.0 cm³/mol. The smallest absolute Gasteiger partial charge is 0.337 e. The van der Waals surface area contributed by atoms with Gasteiger partial charge < -0.3 is 5.11 Å². The zero-order chi connectivity index (χ0) is 15.8. The van der Waals surface area contributed by atoms with E-state index >= 15 is 0 Å². The van der Waals surface area contributed by atoms with Gasteiger partial charge >= 0.3 is 5.97 Å². The first-order chi connectivity index (χ1) is 9.70. The molecule has 1 heterocycles. The quantitative estimate of drug-likeness (QED) is 0.884. The summed E-state index contributed by atoms with van der Waals surface area (Å²) in [6, 6.07) is 5.45. The first kappa shape index (κ1) is 15.2. The van der Waals surface area contributed by atoms with E-state index in [9.17, 15) is 18.3 Å². The molecule has 0 saturated heterocycles. The van der Waals surface area contributed by atoms with Gasteiger partial charge in [0.25, 0.3) is 0 Å². The number of carboxylic acid groups (broad SMARTS) is 1. The molecule has 0 radical (unpaired) electrons. The maximum atomic E-state index is 11.3. The molecule has 7 nitrogen and oxygen atoms in total. The minimum atomic E-state index is -3.96. The lowest BCUT2D eigenvalue weighted by Crippen LogP contribution is -2.14. The van der Waals surface area contributed by atoms with Crippen molar-refractivity contribution in [1.82, 2.24) is 9.78 Å². The molecule has 0 aliphatic heterocycles. The molecule has 0 amide bonds. The molecule has 1 aromatic carbocycles. The van der Waals surface area contributed by atoms with Crippen LogP contribution in [0.1, 0.15) is 35.8 Å². The number of sulfonamides is 1. The maximum Gasteiger partial charge on any atom is 0.337 e. The van der Waals surface area contributed by atoms with Gasteiger partial charge in [-0.2, -0.15) is 5.10 Å². The van der Waals surface area contributed by atoms with E-state index in [-0.39, 0.29) is 22.1 Å². The summed E-state index contributed by atoms with van der Waals surface area (Å²) in [7, 11) is -3.96. The molecule has 2 aromatic rings. The van der Waals surface area contributed by atoms with Crippen molar-refractivity contribution in [2.24, 2.45) is 5.14 Å². The number of aromatic carboxylic acids is 1. The van der Waals surface area contributed by atoms with Crippen molar-refractivity contribution < 1.29 is 18.3 Å². The van der Waals surface area contributed by atoms with Crippen LogP contribution in [0.2, 0.25) is 0 Å². The summed E-state index contributed by atoms with van der Waals surface area (Å²) in [5.74, 6) is -1.06. The molecular formula is C13H15N3O4S. The van der Waals surface area contributed by atoms with Crippen molar-refractivity contribution >= 4 is 16.0 Å². The van der Waals surface area contributed by atoms with Gasteiger partial charge in [-0.05, 0) is 30.2 Å². The largest absolute Gasteiger partial charge is 0.478 e. The van der Waals surface area contributed by atoms with Crippen LogP contribution in [0.4, 0.5) is 0 Å². The van der Waals surface area contributed by atoms with Crippen LogP contribution >= 0.6 is 0 Å². The molecule has 2 rings (SSSR count). The highest BCUT2D eigenvalue weighted by atomic mass is 32.2. The Labute approximate surface area is 122 Å². The van der Waals surface area contributed by atoms with Gasteiger partial charge in [0.2, 0.25) is 10.0 Å². The first-order valence-electron chi connectivity index (χ1n) is 6.16. The second kappa shape index (κ2) is 5.30. The minimum absolute atomic E-state index is 0.181. The van der Waals surface area contributed by atoms with Crippen LogP contribution in [0.15, 0.2) is 35.4 Å². The fraction of sp³-hybridized carbons (Fsp3) is 0.231. The summed E-state index contributed by atoms with van der Waals surface area (Å²) >= 11 is 0. The molecular weight excluding hydrogens is 294 g/mol. The average Bonchev–Trinajstić information content (AvgIpc) is 2.86. The monoisotopic (exact) mass is 309 g/mol. The van der Waals surface area contributed by atoms with Gasteiger partial charge in [-0.3, -0.25) is 0 Å². The molecule has 0 unspecified atom stereocenters. The molecule has 0 aliphatic rings. The van der Waals surface area contributed by atoms with E-state index in [1.54, 1.807) is 12.3 Å². The van der Waals surface area contributed by atoms with Crippen LogP contribution in [-0.4, -0.2) is 29.3 Å². The fourth-order valence-electron chi connectivity index (χ4n) is 1.84. The molecule has 8 heteroatoms. The second-order valence-electron chi connectivity index (χ2n) is 4.87. The van der Waals surface area contributed by atoms with Crippen molar-refractivity contribution in [1.29, 1.82) is 0 Å². The van der Waals surface area contributed by atoms with Crippen molar-refractivity contribution in [2.45, 2.75) is 24.7 Å². The van der Waals surface area contributed by atoms with Crippen LogP contribution in [0.25, 0.3) is 5.69 Å². The van der Waals surface area contributed by atoms with Gasteiger partial charge in [-0.1, -0.05) is 13.8 Å². The Morgan fingerprint density at radius 3 is 2.48 bits per heavy atom. The molecule has 21 heavy (non-hydrogen) atoms. The third-order valence-corrected chi connectivity index (χ3v) is 3.89. The first-order valence-corrected chi connectivity index (χ1v) is 7.71. The van der Waals surface area contributed by atoms with E-state index in [0.717, 1.165) is 11.8 Å². The fourth-order valence-corrected chi connectivity index (χ4v) is 2.38. The van der Waals surface area contributed by atoms with E-state index in [1.165, 1.54) is 16.8 Å². The number of nitrogens with zero attached hydrogens (tertiary/aromatic N) is 2. The lowest BCUT2D eigenvalue weighted by molar-refractivity contribution is 0.0696. The van der Waals surface area contributed by atoms with Crippen LogP contribution in [0.5, 0.6) is 0 Å². The van der Waals surface area contributed by atoms with Gasteiger partial charge in [0.1, 0.15) is 0 Å². The van der Waals surface area contributed by atoms with Crippen molar-refractivity contribution in [3.05, 3.63) is 41.7 Å². The molecule has 0 spiro atoms. The van der Waals surface area contributed by atoms with Crippen molar-refractivity contribution in [3.63, 3.8) is 0 Å². The molecule has 0 aliphatic carbocycles. The molecule has 1 aromatic heterocycles. The number of carbonyl (C=O) groups is 1. The predicted octanol–water partition coefficient (Wildman–Crippen LogP) is 1.34. The van der Waals surface area contributed by atoms with Gasteiger partial charge in [-0.15, -0.1) is 0 Å². The zero-order valence-corrected chi connectivity index (χ0v) is 12.3. The number of benzene rings is 1. The highest BCUT2D eigenvalue weighted by molar-refractivity contribution is 7.89. The topological polar surface area (TPSA) is 115 Å². The Balaban J connectivity index is 2.60. The van der Waals surface area contributed by atoms with Crippen LogP contribution in [-0.2, 0) is 10.0 Å². The number of hydrogen-bond donors (Lipinski definition) is 2. The van der Waals surface area contributed by atoms with E-state index in [2.05, 4.69) is 5.10 Å². The van der Waals surface area contributed by atoms with Gasteiger partial charge in [0.15, 0.2) is 0 Å². The summed E-state index contributed by atoms with van der Waals surface area (Å²) in [6.45, 7) is 3.93. The van der Waals surface area contributed by atoms with Gasteiger partial charge in [0.05, 0.1) is 21.8 Å². The molecule has 0 saturated carbocycles. The standard InChI is InChI=1S/C13H15N3O4S/c1-8(2)11-5-6-16(15-11)12-4-3-9(21(14,19)20)7-10(12)13(17)18/h3-8H,1-2H3,(H,17,18)(H2,14,19,20). The summed E-state index contributed by atoms with van der Waals surface area (Å²) in [4.78, 5) is 11.1. The molecule has 0 fully saturated rings. The number of nitrogens with two attached hydrogens (primary N) is 1. The Kier molecular flexibility index (Phi) is 3.84. The van der Waals surface area contributed by atoms with E-state index in [4.69, 9.17) is 5.14 Å². The summed E-state index contributed by atoms with van der Waals surface area (Å²) in [6.07, 6.45) is 1.63. The highest BCUT2D eigenvalue weighted by Crippen LogP contribution is 2.20. The number of aromatic nitrogens is 2. The van der Waals surface area contributed by atoms with Crippen LogP contribution < -0.4 is 5.14 Å². The maximum absolute atomic E-state index is 11.3. The summed E-state index contributed by atoms with van der Waals surface area (Å²) in [5.41, 5.74) is 0.906. The normalized spacial score (nSPS) is 11.8. The third-order valence-electron chi connectivity index (χ3n) is 2.98. The Hall–Kier alpha value is -2.19. The number of hydrogen-bond acceptors (Lipinski definition) is 4. The number of primary sulfonamides is 1. The van der Waals surface area contributed by atoms with Gasteiger partial charge in [0, 0.05) is 6.20 Å². The van der Waals surface area contributed by atoms with Crippen molar-refractivity contribution in [3.8, 4) is 5.69 Å². The molecule has 0 atom stereocenters. The molecule has 3 N–H and O–H groups in total. The summed E-state index contributed by atoms with van der Waals surface area (Å²) < 4.78 is 24.0. The zero-order valence-electron chi connectivity index (χ0n) is 11.5. The second-order valence-corrected chi connectivity index (χ2v) is 6.43. The van der Waals surface area contributed by atoms with Gasteiger partial charge in [-0.25, -0.2) is 23.0 Å². The SMILES string of the molecule is CC(C)c1ccn(-c2ccc(S(N)(=O)=O)cc2C(=O)O)n1. The van der Waals surface area contributed by atoms with Crippen LogP contribution in [0, 0.1) is 0 Å².